The first-order valence-electron chi connectivity index (χ1n) is 34.3. The van der Waals surface area contributed by atoms with Crippen molar-refractivity contribution < 1.29 is 40.4 Å². The number of hydrogen-bond acceptors (Lipinski definition) is 16. The van der Waals surface area contributed by atoms with E-state index >= 15 is 0 Å². The molecule has 23 heteroatoms. The lowest BCUT2D eigenvalue weighted by molar-refractivity contribution is -0.0499. The molecule has 0 spiro atoms. The van der Waals surface area contributed by atoms with E-state index in [1.807, 2.05) is 94.0 Å². The van der Waals surface area contributed by atoms with Gasteiger partial charge < -0.3 is 43.5 Å². The lowest BCUT2D eigenvalue weighted by Gasteiger charge is -2.43. The number of amides is 1. The second-order valence-electron chi connectivity index (χ2n) is 26.4. The number of alkyl halides is 3. The van der Waals surface area contributed by atoms with Gasteiger partial charge in [-0.1, -0.05) is 36.4 Å². The van der Waals surface area contributed by atoms with E-state index in [9.17, 15) is 31.5 Å². The molecule has 9 heterocycles. The summed E-state index contributed by atoms with van der Waals surface area (Å²) in [6.07, 6.45) is 15.8. The van der Waals surface area contributed by atoms with Gasteiger partial charge in [0.1, 0.15) is 11.4 Å². The summed E-state index contributed by atoms with van der Waals surface area (Å²) < 4.78 is 70.1. The summed E-state index contributed by atoms with van der Waals surface area (Å²) in [5.74, 6) is 0.485. The number of nitrogens with one attached hydrogen (secondary N) is 1. The van der Waals surface area contributed by atoms with Gasteiger partial charge in [-0.25, -0.2) is 9.64 Å². The number of nitrogens with zero attached hydrogens (tertiary/aromatic N) is 12. The average molecular weight is 1400 g/mol. The van der Waals surface area contributed by atoms with Crippen LogP contribution in [0, 0.1) is 6.57 Å². The van der Waals surface area contributed by atoms with Gasteiger partial charge in [-0.05, 0) is 197 Å². The predicted molar refractivity (Wildman–Crippen MR) is 399 cm³/mol. The number of fused-ring (bicyclic) bond motifs is 6. The number of aromatic nitrogens is 6. The minimum atomic E-state index is -5.67. The Bertz CT molecular complexity index is 5010. The highest BCUT2D eigenvalue weighted by molar-refractivity contribution is 7.88. The van der Waals surface area contributed by atoms with Crippen LogP contribution in [0.3, 0.4) is 0 Å². The Morgan fingerprint density at radius 2 is 0.980 bits per heavy atom. The Morgan fingerprint density at radius 1 is 0.539 bits per heavy atom. The summed E-state index contributed by atoms with van der Waals surface area (Å²) in [7, 11) is -3.54. The van der Waals surface area contributed by atoms with Crippen LogP contribution >= 0.6 is 0 Å². The van der Waals surface area contributed by atoms with Crippen LogP contribution in [-0.2, 0) is 21.9 Å². The van der Waals surface area contributed by atoms with E-state index in [1.165, 1.54) is 100 Å². The monoisotopic (exact) mass is 1400 g/mol. The van der Waals surface area contributed by atoms with Crippen LogP contribution in [0.1, 0.15) is 57.9 Å². The molecule has 1 aliphatic carbocycles. The number of halogens is 3. The highest BCUT2D eigenvalue weighted by Crippen LogP contribution is 2.41. The molecular weight excluding hydrogens is 1320 g/mol. The van der Waals surface area contributed by atoms with Crippen LogP contribution in [-0.4, -0.2) is 155 Å². The molecule has 12 aromatic rings. The Hall–Kier alpha value is -10.7. The van der Waals surface area contributed by atoms with Crippen molar-refractivity contribution in [3.63, 3.8) is 0 Å². The highest BCUT2D eigenvalue weighted by Gasteiger charge is 2.49. The van der Waals surface area contributed by atoms with Crippen LogP contribution < -0.4 is 24.2 Å². The van der Waals surface area contributed by atoms with Crippen molar-refractivity contribution in [3.05, 3.63) is 224 Å². The molecule has 1 saturated carbocycles. The highest BCUT2D eigenvalue weighted by atomic mass is 32.2. The standard InChI is InChI=1S/C29H31N5.C18H23N3O2.C13H15N3.C10H6F3NO3S.C9H7NO/c1-30-22-10-13-28-25(19-22)26(20-32(28)2)21-8-11-23(12-9-21)33-15-17-34(18-16-33)29-7-3-6-27-24(29)5-4-14-31-27;1-18(2,3)23-17(22)21-12-10-20(11-13-21)16-8-4-7-15-14(16)6-5-9-19-15;1-4-12-11(3-2-6-15-12)13(5-1)16-9-7-14-8-10-16;11-10(12,13)18(15,16)17-9-5-1-4-8-7(9)3-2-6-14-8;11-9-5-1-4-8-7(9)3-2-6-10-8/h3-7,10,13-14,19-21,23H,8-9,11-12,15-18H2,2H3;4-9H,10-13H2,1-3H3;1-6,14H,7-10H2;1-6H;1-6,11H. The maximum atomic E-state index is 12.2. The molecule has 4 aliphatic rings. The third-order valence-corrected chi connectivity index (χ3v) is 19.7. The van der Waals surface area contributed by atoms with Crippen LogP contribution in [0.5, 0.6) is 11.5 Å². The molecule has 0 atom stereocenters. The van der Waals surface area contributed by atoms with Gasteiger partial charge in [-0.15, -0.1) is 0 Å². The maximum Gasteiger partial charge on any atom is 0.534 e. The molecule has 0 unspecified atom stereocenters. The van der Waals surface area contributed by atoms with E-state index in [0.29, 0.717) is 30.6 Å². The molecule has 0 radical (unpaired) electrons. The largest absolute Gasteiger partial charge is 0.534 e. The summed E-state index contributed by atoms with van der Waals surface area (Å²) in [6.45, 7) is 24.7. The van der Waals surface area contributed by atoms with Gasteiger partial charge in [-0.2, -0.15) is 21.6 Å². The first kappa shape index (κ1) is 71.2. The number of carbonyl (C=O) groups excluding carboxylic acids is 1. The van der Waals surface area contributed by atoms with Gasteiger partial charge >= 0.3 is 21.7 Å². The van der Waals surface area contributed by atoms with Crippen molar-refractivity contribution in [2.24, 2.45) is 7.05 Å². The van der Waals surface area contributed by atoms with Gasteiger partial charge in [0.2, 0.25) is 0 Å². The minimum Gasteiger partial charge on any atom is -0.507 e. The topological polar surface area (TPSA) is 192 Å². The fourth-order valence-electron chi connectivity index (χ4n) is 13.7. The summed E-state index contributed by atoms with van der Waals surface area (Å²) in [5, 5.41) is 18.6. The molecule has 19 nitrogen and oxygen atoms in total. The second kappa shape index (κ2) is 31.9. The molecule has 526 valence electrons. The second-order valence-corrected chi connectivity index (χ2v) is 28.0. The predicted octanol–water partition coefficient (Wildman–Crippen LogP) is 15.5. The number of ether oxygens (including phenoxy) is 1. The lowest BCUT2D eigenvalue weighted by Crippen LogP contribution is -2.51. The first-order chi connectivity index (χ1) is 49.3. The normalized spacial score (nSPS) is 16.7. The summed E-state index contributed by atoms with van der Waals surface area (Å²) in [4.78, 5) is 48.9. The number of benzene rings is 6. The zero-order valence-electron chi connectivity index (χ0n) is 57.5. The lowest BCUT2D eigenvalue weighted by atomic mass is 9.81. The average Bonchev–Trinajstić information content (AvgIpc) is 1.59. The molecule has 6 aromatic heterocycles. The number of phenols is 1. The Morgan fingerprint density at radius 3 is 1.46 bits per heavy atom. The van der Waals surface area contributed by atoms with Gasteiger partial charge in [0.25, 0.3) is 0 Å². The number of hydrogen-bond donors (Lipinski definition) is 2. The molecule has 1 amide bonds. The van der Waals surface area contributed by atoms with Crippen molar-refractivity contribution in [1.29, 1.82) is 0 Å². The van der Waals surface area contributed by atoms with Gasteiger partial charge in [0, 0.05) is 178 Å². The number of anilines is 3. The van der Waals surface area contributed by atoms with Gasteiger partial charge in [0.05, 0.1) is 34.2 Å². The van der Waals surface area contributed by atoms with E-state index in [2.05, 4.69) is 149 Å². The van der Waals surface area contributed by atoms with Gasteiger partial charge in [0.15, 0.2) is 11.4 Å². The van der Waals surface area contributed by atoms with E-state index in [1.54, 1.807) is 23.2 Å². The number of carbonyl (C=O) groups is 1. The van der Waals surface area contributed by atoms with E-state index in [0.717, 1.165) is 110 Å². The number of pyridine rings is 5. The first-order valence-corrected chi connectivity index (χ1v) is 35.7. The fourth-order valence-corrected chi connectivity index (χ4v) is 14.2. The minimum absolute atomic E-state index is 0.188. The molecule has 3 aliphatic heterocycles. The molecule has 2 N–H and O–H groups in total. The Kier molecular flexibility index (Phi) is 22.3. The molecule has 6 aromatic carbocycles. The molecular formula is C79H82F3N13O6S. The Balaban J connectivity index is 0.000000127. The third kappa shape index (κ3) is 17.0. The van der Waals surface area contributed by atoms with E-state index < -0.39 is 27.0 Å². The quantitative estimate of drug-likeness (QED) is 0.0869. The Labute approximate surface area is 591 Å². The van der Waals surface area contributed by atoms with Crippen molar-refractivity contribution in [2.75, 3.05) is 93.2 Å². The molecule has 16 rings (SSSR count). The fraction of sp³-hybridized carbons (Fsp3) is 0.304. The molecule has 0 bridgehead atoms. The third-order valence-electron chi connectivity index (χ3n) is 18.7. The van der Waals surface area contributed by atoms with Crippen molar-refractivity contribution >= 4 is 104 Å². The van der Waals surface area contributed by atoms with Crippen LogP contribution in [0.25, 0.3) is 70.3 Å². The zero-order valence-corrected chi connectivity index (χ0v) is 58.3. The smallest absolute Gasteiger partial charge is 0.507 e. The van der Waals surface area contributed by atoms with Gasteiger partial charge in [-0.3, -0.25) is 29.8 Å². The van der Waals surface area contributed by atoms with E-state index in [4.69, 9.17) is 11.3 Å². The molecule has 4 fully saturated rings. The molecule has 102 heavy (non-hydrogen) atoms. The number of piperazine rings is 3. The zero-order chi connectivity index (χ0) is 71.4. The van der Waals surface area contributed by atoms with Crippen LogP contribution in [0.2, 0.25) is 0 Å². The van der Waals surface area contributed by atoms with Crippen LogP contribution in [0.15, 0.2) is 207 Å². The van der Waals surface area contributed by atoms with E-state index in [-0.39, 0.29) is 17.2 Å². The summed E-state index contributed by atoms with van der Waals surface area (Å²) in [5.41, 5.74) is 5.66. The summed E-state index contributed by atoms with van der Waals surface area (Å²) in [6, 6.07) is 54.1. The summed E-state index contributed by atoms with van der Waals surface area (Å²) >= 11 is 0. The number of aryl methyl sites for hydroxylation is 1. The maximum absolute atomic E-state index is 12.2. The van der Waals surface area contributed by atoms with Crippen molar-refractivity contribution in [2.45, 2.75) is 69.5 Å². The number of rotatable bonds is 7. The van der Waals surface area contributed by atoms with Crippen molar-refractivity contribution in [1.82, 2.24) is 44.6 Å². The number of phenolic OH excluding ortho intramolecular Hbond substituents is 1. The van der Waals surface area contributed by atoms with Crippen LogP contribution in [0.4, 0.5) is 40.7 Å². The molecule has 3 saturated heterocycles. The SMILES string of the molecule is CC(C)(C)OC(=O)N1CCN(c2cccc3ncccc23)CC1.O=S(=O)(Oc1cccc2ncccc12)C(F)(F)F.Oc1cccc2ncccc12.[C-]#[N+]c1ccc2c(c1)c(C1CCC(N3CCN(c4cccc5ncccc45)CC3)CC1)cn2C.c1cc(N2CCNCC2)c2cccnc2c1. The number of aromatic hydroxyl groups is 1. The van der Waals surface area contributed by atoms with Crippen molar-refractivity contribution in [3.8, 4) is 11.5 Å².